The highest BCUT2D eigenvalue weighted by molar-refractivity contribution is 5.78. The smallest absolute Gasteiger partial charge is 0.329 e. The Balaban J connectivity index is 2.25. The van der Waals surface area contributed by atoms with E-state index in [2.05, 4.69) is 0 Å². The number of aliphatic carboxylic acids is 1. The number of ether oxygens (including phenoxy) is 1. The summed E-state index contributed by atoms with van der Waals surface area (Å²) < 4.78 is 4.71. The summed E-state index contributed by atoms with van der Waals surface area (Å²) in [5.74, 6) is -1.31. The van der Waals surface area contributed by atoms with Crippen LogP contribution in [0.25, 0.3) is 0 Å². The molecule has 0 bridgehead atoms. The van der Waals surface area contributed by atoms with Gasteiger partial charge in [0.05, 0.1) is 5.60 Å². The lowest BCUT2D eigenvalue weighted by atomic mass is 9.94. The third-order valence-corrected chi connectivity index (χ3v) is 2.64. The van der Waals surface area contributed by atoms with Crippen LogP contribution in [0, 0.1) is 0 Å². The van der Waals surface area contributed by atoms with Crippen molar-refractivity contribution in [3.05, 3.63) is 0 Å². The average Bonchev–Trinajstić information content (AvgIpc) is 2.16. The van der Waals surface area contributed by atoms with E-state index < -0.39 is 18.2 Å². The minimum Gasteiger partial charge on any atom is -0.480 e. The zero-order chi connectivity index (χ0) is 12.2. The van der Waals surface area contributed by atoms with Crippen molar-refractivity contribution in [1.29, 1.82) is 0 Å². The van der Waals surface area contributed by atoms with E-state index in [-0.39, 0.29) is 12.5 Å². The summed E-state index contributed by atoms with van der Waals surface area (Å²) in [4.78, 5) is 23.3. The van der Waals surface area contributed by atoms with E-state index >= 15 is 0 Å². The molecule has 1 rings (SSSR count). The fourth-order valence-electron chi connectivity index (χ4n) is 1.55. The number of rotatable bonds is 4. The first kappa shape index (κ1) is 12.9. The van der Waals surface area contributed by atoms with E-state index in [1.54, 1.807) is 11.8 Å². The van der Waals surface area contributed by atoms with Gasteiger partial charge in [0, 0.05) is 13.1 Å². The number of amides is 1. The maximum Gasteiger partial charge on any atom is 0.329 e. The molecule has 2 N–H and O–H groups in total. The summed E-state index contributed by atoms with van der Waals surface area (Å²) in [6.07, 6.45) is 1.08. The molecule has 1 heterocycles. The van der Waals surface area contributed by atoms with Crippen LogP contribution in [0.3, 0.4) is 0 Å². The standard InChI is InChI=1S/C10H17NO5/c1-10(15)2-4-11(5-3-10)8(12)6-16-7-9(13)14/h15H,2-7H2,1H3,(H,13,14). The van der Waals surface area contributed by atoms with Crippen LogP contribution in [0.5, 0.6) is 0 Å². The number of carboxylic acid groups (broad SMARTS) is 1. The molecule has 16 heavy (non-hydrogen) atoms. The average molecular weight is 231 g/mol. The van der Waals surface area contributed by atoms with Crippen LogP contribution in [-0.2, 0) is 14.3 Å². The Bertz CT molecular complexity index is 266. The van der Waals surface area contributed by atoms with E-state index in [4.69, 9.17) is 9.84 Å². The van der Waals surface area contributed by atoms with Crippen molar-refractivity contribution in [1.82, 2.24) is 4.90 Å². The first-order valence-electron chi connectivity index (χ1n) is 5.20. The molecule has 0 saturated carbocycles. The fraction of sp³-hybridized carbons (Fsp3) is 0.800. The Labute approximate surface area is 93.8 Å². The zero-order valence-electron chi connectivity index (χ0n) is 9.31. The van der Waals surface area contributed by atoms with E-state index in [0.29, 0.717) is 25.9 Å². The summed E-state index contributed by atoms with van der Waals surface area (Å²) in [6.45, 7) is 2.05. The molecule has 0 radical (unpaired) electrons. The Hall–Kier alpha value is -1.14. The molecule has 0 aliphatic carbocycles. The van der Waals surface area contributed by atoms with Crippen molar-refractivity contribution in [2.45, 2.75) is 25.4 Å². The van der Waals surface area contributed by atoms with Gasteiger partial charge in [-0.1, -0.05) is 0 Å². The molecule has 0 aromatic rings. The quantitative estimate of drug-likeness (QED) is 0.678. The number of carbonyl (C=O) groups excluding carboxylic acids is 1. The molecular formula is C10H17NO5. The maximum atomic E-state index is 11.5. The minimum absolute atomic E-state index is 0.214. The Morgan fingerprint density at radius 3 is 2.38 bits per heavy atom. The number of carbonyl (C=O) groups is 2. The number of piperidine rings is 1. The van der Waals surface area contributed by atoms with E-state index in [1.165, 1.54) is 0 Å². The molecule has 0 aromatic carbocycles. The zero-order valence-corrected chi connectivity index (χ0v) is 9.31. The lowest BCUT2D eigenvalue weighted by Crippen LogP contribution is -2.46. The number of hydrogen-bond donors (Lipinski definition) is 2. The highest BCUT2D eigenvalue weighted by Gasteiger charge is 2.29. The number of hydrogen-bond acceptors (Lipinski definition) is 4. The van der Waals surface area contributed by atoms with Crippen LogP contribution < -0.4 is 0 Å². The number of carboxylic acids is 1. The molecule has 1 aliphatic heterocycles. The van der Waals surface area contributed by atoms with Crippen LogP contribution in [0.1, 0.15) is 19.8 Å². The van der Waals surface area contributed by atoms with Crippen LogP contribution in [-0.4, -0.2) is 58.9 Å². The predicted molar refractivity (Wildman–Crippen MR) is 54.9 cm³/mol. The van der Waals surface area contributed by atoms with Gasteiger partial charge in [-0.2, -0.15) is 0 Å². The minimum atomic E-state index is -1.09. The van der Waals surface area contributed by atoms with E-state index in [1.807, 2.05) is 0 Å². The topological polar surface area (TPSA) is 87.1 Å². The van der Waals surface area contributed by atoms with Gasteiger partial charge >= 0.3 is 5.97 Å². The van der Waals surface area contributed by atoms with Gasteiger partial charge in [-0.25, -0.2) is 4.79 Å². The van der Waals surface area contributed by atoms with Gasteiger partial charge in [0.1, 0.15) is 13.2 Å². The Kier molecular flexibility index (Phi) is 4.26. The molecule has 0 aromatic heterocycles. The van der Waals surface area contributed by atoms with Crippen molar-refractivity contribution in [3.8, 4) is 0 Å². The number of nitrogens with zero attached hydrogens (tertiary/aromatic N) is 1. The van der Waals surface area contributed by atoms with Gasteiger partial charge in [0.15, 0.2) is 0 Å². The van der Waals surface area contributed by atoms with Gasteiger partial charge in [-0.05, 0) is 19.8 Å². The summed E-state index contributed by atoms with van der Waals surface area (Å²) >= 11 is 0. The second kappa shape index (κ2) is 5.27. The molecule has 0 spiro atoms. The van der Waals surface area contributed by atoms with Crippen LogP contribution in [0.15, 0.2) is 0 Å². The monoisotopic (exact) mass is 231 g/mol. The predicted octanol–water partition coefficient (Wildman–Crippen LogP) is -0.539. The molecule has 0 atom stereocenters. The second-order valence-electron chi connectivity index (χ2n) is 4.26. The van der Waals surface area contributed by atoms with Crippen molar-refractivity contribution in [3.63, 3.8) is 0 Å². The van der Waals surface area contributed by atoms with Crippen LogP contribution in [0.2, 0.25) is 0 Å². The first-order valence-corrected chi connectivity index (χ1v) is 5.20. The van der Waals surface area contributed by atoms with Crippen LogP contribution >= 0.6 is 0 Å². The van der Waals surface area contributed by atoms with Gasteiger partial charge in [-0.3, -0.25) is 4.79 Å². The third kappa shape index (κ3) is 4.16. The summed E-state index contributed by atoms with van der Waals surface area (Å²) in [6, 6.07) is 0. The Morgan fingerprint density at radius 2 is 1.88 bits per heavy atom. The fourth-order valence-corrected chi connectivity index (χ4v) is 1.55. The second-order valence-corrected chi connectivity index (χ2v) is 4.26. The SMILES string of the molecule is CC1(O)CCN(C(=O)COCC(=O)O)CC1. The normalized spacial score (nSPS) is 19.5. The number of likely N-dealkylation sites (tertiary alicyclic amines) is 1. The lowest BCUT2D eigenvalue weighted by molar-refractivity contribution is -0.147. The molecule has 6 heteroatoms. The molecule has 1 saturated heterocycles. The van der Waals surface area contributed by atoms with Gasteiger partial charge in [0.2, 0.25) is 5.91 Å². The van der Waals surface area contributed by atoms with Gasteiger partial charge in [-0.15, -0.1) is 0 Å². The molecule has 0 unspecified atom stereocenters. The van der Waals surface area contributed by atoms with E-state index in [9.17, 15) is 14.7 Å². The lowest BCUT2D eigenvalue weighted by Gasteiger charge is -2.35. The van der Waals surface area contributed by atoms with Crippen molar-refractivity contribution in [2.24, 2.45) is 0 Å². The molecule has 1 fully saturated rings. The Morgan fingerprint density at radius 1 is 1.31 bits per heavy atom. The highest BCUT2D eigenvalue weighted by atomic mass is 16.5. The molecule has 1 amide bonds. The van der Waals surface area contributed by atoms with Crippen molar-refractivity contribution in [2.75, 3.05) is 26.3 Å². The van der Waals surface area contributed by atoms with E-state index in [0.717, 1.165) is 0 Å². The molecule has 1 aliphatic rings. The molecular weight excluding hydrogens is 214 g/mol. The molecule has 92 valence electrons. The highest BCUT2D eigenvalue weighted by Crippen LogP contribution is 2.20. The van der Waals surface area contributed by atoms with Crippen molar-refractivity contribution < 1.29 is 24.5 Å². The summed E-state index contributed by atoms with van der Waals surface area (Å²) in [5, 5.41) is 18.0. The summed E-state index contributed by atoms with van der Waals surface area (Å²) in [7, 11) is 0. The first-order chi connectivity index (χ1) is 7.41. The van der Waals surface area contributed by atoms with Gasteiger partial charge in [0.25, 0.3) is 0 Å². The maximum absolute atomic E-state index is 11.5. The van der Waals surface area contributed by atoms with Crippen molar-refractivity contribution >= 4 is 11.9 Å². The third-order valence-electron chi connectivity index (χ3n) is 2.64. The van der Waals surface area contributed by atoms with Gasteiger partial charge < -0.3 is 19.8 Å². The molecule has 6 nitrogen and oxygen atoms in total. The summed E-state index contributed by atoms with van der Waals surface area (Å²) in [5.41, 5.74) is -0.696. The number of aliphatic hydroxyl groups is 1. The largest absolute Gasteiger partial charge is 0.480 e. The van der Waals surface area contributed by atoms with Crippen LogP contribution in [0.4, 0.5) is 0 Å².